The molecule has 14 heteroatoms. The topological polar surface area (TPSA) is 86.3 Å². The number of methoxy groups -OCH3 is 1. The lowest BCUT2D eigenvalue weighted by molar-refractivity contribution is -0.207. The van der Waals surface area contributed by atoms with Crippen molar-refractivity contribution < 1.29 is 41.0 Å². The highest BCUT2D eigenvalue weighted by Crippen LogP contribution is 2.38. The number of hydrogen-bond donors (Lipinski definition) is 1. The molecule has 0 bridgehead atoms. The molecular weight excluding hydrogens is 580 g/mol. The Kier molecular flexibility index (Phi) is 8.31. The van der Waals surface area contributed by atoms with Gasteiger partial charge in [-0.1, -0.05) is 35.9 Å². The number of ether oxygens (including phenoxy) is 1. The predicted octanol–water partition coefficient (Wildman–Crippen LogP) is 5.81. The molecule has 216 valence electrons. The van der Waals surface area contributed by atoms with Crippen LogP contribution in [0.2, 0.25) is 5.02 Å². The Morgan fingerprint density at radius 2 is 1.66 bits per heavy atom. The molecule has 0 saturated heterocycles. The van der Waals surface area contributed by atoms with E-state index >= 15 is 0 Å². The van der Waals surface area contributed by atoms with Crippen LogP contribution in [0.1, 0.15) is 21.5 Å². The van der Waals surface area contributed by atoms with Gasteiger partial charge >= 0.3 is 24.0 Å². The number of rotatable bonds is 7. The van der Waals surface area contributed by atoms with Crippen molar-refractivity contribution in [3.8, 4) is 22.5 Å². The van der Waals surface area contributed by atoms with E-state index in [0.29, 0.717) is 9.59 Å². The number of carbonyl (C=O) groups is 1. The molecular formula is C27H20ClF6N3O4. The Morgan fingerprint density at radius 3 is 2.27 bits per heavy atom. The molecule has 0 fully saturated rings. The Morgan fingerprint density at radius 1 is 1.00 bits per heavy atom. The third kappa shape index (κ3) is 6.46. The zero-order chi connectivity index (χ0) is 30.1. The maximum Gasteiger partial charge on any atom is 0.417 e. The minimum atomic E-state index is -5.02. The van der Waals surface area contributed by atoms with E-state index in [1.54, 1.807) is 0 Å². The number of aliphatic hydroxyl groups excluding tert-OH is 1. The molecule has 4 aromatic rings. The van der Waals surface area contributed by atoms with Crippen molar-refractivity contribution in [1.29, 1.82) is 0 Å². The summed E-state index contributed by atoms with van der Waals surface area (Å²) >= 11 is 5.89. The van der Waals surface area contributed by atoms with Gasteiger partial charge in [0.1, 0.15) is 0 Å². The number of hydrogen-bond acceptors (Lipinski definition) is 5. The lowest BCUT2D eigenvalue weighted by atomic mass is 9.93. The highest BCUT2D eigenvalue weighted by molar-refractivity contribution is 6.30. The molecule has 0 saturated carbocycles. The second kappa shape index (κ2) is 11.4. The van der Waals surface area contributed by atoms with E-state index in [9.17, 15) is 41.0 Å². The van der Waals surface area contributed by atoms with Gasteiger partial charge in [-0.05, 0) is 59.2 Å². The van der Waals surface area contributed by atoms with Crippen molar-refractivity contribution in [3.05, 3.63) is 98.9 Å². The van der Waals surface area contributed by atoms with E-state index < -0.39 is 48.8 Å². The van der Waals surface area contributed by atoms with Crippen molar-refractivity contribution in [1.82, 2.24) is 14.3 Å². The van der Waals surface area contributed by atoms with Gasteiger partial charge in [0.15, 0.2) is 11.9 Å². The number of aromatic nitrogens is 3. The molecule has 0 aliphatic rings. The summed E-state index contributed by atoms with van der Waals surface area (Å²) in [5, 5.41) is 14.1. The molecule has 1 N–H and O–H groups in total. The number of esters is 1. The first-order valence-electron chi connectivity index (χ1n) is 11.8. The van der Waals surface area contributed by atoms with Crippen LogP contribution in [0.15, 0.2) is 71.5 Å². The Labute approximate surface area is 233 Å². The van der Waals surface area contributed by atoms with Crippen molar-refractivity contribution in [2.75, 3.05) is 7.11 Å². The first-order valence-corrected chi connectivity index (χ1v) is 12.1. The molecule has 0 aliphatic carbocycles. The second-order valence-electron chi connectivity index (χ2n) is 8.85. The Hall–Kier alpha value is -4.10. The van der Waals surface area contributed by atoms with Gasteiger partial charge in [0, 0.05) is 10.6 Å². The quantitative estimate of drug-likeness (QED) is 0.214. The molecule has 7 nitrogen and oxygen atoms in total. The summed E-state index contributed by atoms with van der Waals surface area (Å²) in [6, 6.07) is 14.1. The zero-order valence-electron chi connectivity index (χ0n) is 21.0. The molecule has 41 heavy (non-hydrogen) atoms. The standard InChI is InChI=1S/C27H20ClF6N3O4/c1-41-24(39)19-11-6-15(12-20(19)18-4-2-3-5-21(18)26(29,30)31)13-37-25(40)36(14-22(38)27(32,33)34)23(35-37)16-7-9-17(28)10-8-16/h2-12,22,38H,13-14H2,1H3/t22-/m0/s1. The highest BCUT2D eigenvalue weighted by atomic mass is 35.5. The molecule has 0 amide bonds. The Bertz CT molecular complexity index is 1630. The maximum atomic E-state index is 13.8. The van der Waals surface area contributed by atoms with Gasteiger partial charge in [-0.3, -0.25) is 4.57 Å². The number of carbonyl (C=O) groups excluding carboxylic acids is 1. The first-order chi connectivity index (χ1) is 19.2. The van der Waals surface area contributed by atoms with Crippen molar-refractivity contribution in [2.24, 2.45) is 0 Å². The summed E-state index contributed by atoms with van der Waals surface area (Å²) in [4.78, 5) is 25.6. The zero-order valence-corrected chi connectivity index (χ0v) is 21.8. The SMILES string of the molecule is COC(=O)c1ccc(Cn2nc(-c3ccc(Cl)cc3)n(C[C@H](O)C(F)(F)F)c2=O)cc1-c1ccccc1C(F)(F)F. The van der Waals surface area contributed by atoms with E-state index in [4.69, 9.17) is 16.3 Å². The molecule has 3 aromatic carbocycles. The van der Waals surface area contributed by atoms with E-state index in [1.165, 1.54) is 60.7 Å². The van der Waals surface area contributed by atoms with Crippen molar-refractivity contribution in [3.63, 3.8) is 0 Å². The van der Waals surface area contributed by atoms with Gasteiger partial charge in [0.2, 0.25) is 0 Å². The van der Waals surface area contributed by atoms with Crippen LogP contribution in [0.5, 0.6) is 0 Å². The van der Waals surface area contributed by atoms with Gasteiger partial charge in [-0.2, -0.15) is 26.3 Å². The van der Waals surface area contributed by atoms with Gasteiger partial charge < -0.3 is 9.84 Å². The van der Waals surface area contributed by atoms with Gasteiger partial charge in [-0.15, -0.1) is 5.10 Å². The smallest absolute Gasteiger partial charge is 0.417 e. The lowest BCUT2D eigenvalue weighted by Crippen LogP contribution is -2.37. The van der Waals surface area contributed by atoms with Gasteiger partial charge in [-0.25, -0.2) is 14.3 Å². The largest absolute Gasteiger partial charge is 0.465 e. The summed E-state index contributed by atoms with van der Waals surface area (Å²) in [5.74, 6) is -1.11. The summed E-state index contributed by atoms with van der Waals surface area (Å²) in [5.41, 5.74) is -2.25. The lowest BCUT2D eigenvalue weighted by Gasteiger charge is -2.16. The fourth-order valence-electron chi connectivity index (χ4n) is 4.14. The van der Waals surface area contributed by atoms with E-state index in [-0.39, 0.29) is 33.6 Å². The average molecular weight is 600 g/mol. The van der Waals surface area contributed by atoms with Gasteiger partial charge in [0.05, 0.1) is 31.3 Å². The number of aliphatic hydroxyl groups is 1. The molecule has 1 aromatic heterocycles. The summed E-state index contributed by atoms with van der Waals surface area (Å²) < 4.78 is 86.9. The third-order valence-corrected chi connectivity index (χ3v) is 6.35. The number of halogens is 7. The third-order valence-electron chi connectivity index (χ3n) is 6.10. The molecule has 0 spiro atoms. The summed E-state index contributed by atoms with van der Waals surface area (Å²) in [6.45, 7) is -1.55. The van der Waals surface area contributed by atoms with E-state index in [2.05, 4.69) is 5.10 Å². The molecule has 1 heterocycles. The van der Waals surface area contributed by atoms with Gasteiger partial charge in [0.25, 0.3) is 0 Å². The van der Waals surface area contributed by atoms with Crippen LogP contribution in [0.4, 0.5) is 26.3 Å². The first kappa shape index (κ1) is 29.9. The number of benzene rings is 3. The molecule has 0 radical (unpaired) electrons. The monoisotopic (exact) mass is 599 g/mol. The fourth-order valence-corrected chi connectivity index (χ4v) is 4.26. The number of nitrogens with zero attached hydrogens (tertiary/aromatic N) is 3. The van der Waals surface area contributed by atoms with E-state index in [1.807, 2.05) is 0 Å². The molecule has 0 unspecified atom stereocenters. The normalized spacial score (nSPS) is 12.8. The molecule has 4 rings (SSSR count). The average Bonchev–Trinajstić information content (AvgIpc) is 3.22. The van der Waals surface area contributed by atoms with E-state index in [0.717, 1.165) is 17.9 Å². The highest BCUT2D eigenvalue weighted by Gasteiger charge is 2.39. The summed E-state index contributed by atoms with van der Waals surface area (Å²) in [7, 11) is 1.07. The Balaban J connectivity index is 1.84. The second-order valence-corrected chi connectivity index (χ2v) is 9.29. The molecule has 0 aliphatic heterocycles. The summed E-state index contributed by atoms with van der Waals surface area (Å²) in [6.07, 6.45) is -12.7. The van der Waals surface area contributed by atoms with Crippen LogP contribution in [0.25, 0.3) is 22.5 Å². The maximum absolute atomic E-state index is 13.8. The van der Waals surface area contributed by atoms with Crippen LogP contribution >= 0.6 is 11.6 Å². The number of alkyl halides is 6. The van der Waals surface area contributed by atoms with Crippen LogP contribution in [-0.4, -0.2) is 44.8 Å². The van der Waals surface area contributed by atoms with Crippen LogP contribution in [0, 0.1) is 0 Å². The van der Waals surface area contributed by atoms with Crippen LogP contribution in [0.3, 0.4) is 0 Å². The minimum absolute atomic E-state index is 0.139. The fraction of sp³-hybridized carbons (Fsp3) is 0.222. The van der Waals surface area contributed by atoms with Crippen molar-refractivity contribution >= 4 is 17.6 Å². The predicted molar refractivity (Wildman–Crippen MR) is 136 cm³/mol. The minimum Gasteiger partial charge on any atom is -0.465 e. The molecule has 1 atom stereocenters. The van der Waals surface area contributed by atoms with Crippen LogP contribution < -0.4 is 5.69 Å². The van der Waals surface area contributed by atoms with Crippen LogP contribution in [-0.2, 0) is 24.0 Å². The van der Waals surface area contributed by atoms with Crippen molar-refractivity contribution in [2.45, 2.75) is 31.5 Å².